The summed E-state index contributed by atoms with van der Waals surface area (Å²) in [6.07, 6.45) is 12.6. The molecule has 1 aliphatic carbocycles. The van der Waals surface area contributed by atoms with E-state index in [1.807, 2.05) is 24.3 Å². The maximum absolute atomic E-state index is 11.8. The third-order valence-corrected chi connectivity index (χ3v) is 5.89. The van der Waals surface area contributed by atoms with Crippen LogP contribution in [0.15, 0.2) is 54.6 Å². The Morgan fingerprint density at radius 3 is 2.10 bits per heavy atom. The highest BCUT2D eigenvalue weighted by Gasteiger charge is 2.15. The van der Waals surface area contributed by atoms with Crippen LogP contribution in [0.3, 0.4) is 0 Å². The first kappa shape index (κ1) is 21.4. The summed E-state index contributed by atoms with van der Waals surface area (Å²) in [5.74, 6) is 1.35. The van der Waals surface area contributed by atoms with Crippen LogP contribution in [0.5, 0.6) is 5.75 Å². The molecule has 154 valence electrons. The van der Waals surface area contributed by atoms with Crippen molar-refractivity contribution in [1.82, 2.24) is 0 Å². The summed E-state index contributed by atoms with van der Waals surface area (Å²) in [6.45, 7) is 4.35. The maximum Gasteiger partial charge on any atom is 0.311 e. The van der Waals surface area contributed by atoms with Gasteiger partial charge in [-0.25, -0.2) is 0 Å². The normalized spacial score (nSPS) is 16.3. The lowest BCUT2D eigenvalue weighted by atomic mass is 9.84. The molecule has 2 aromatic rings. The molecule has 0 aliphatic heterocycles. The predicted molar refractivity (Wildman–Crippen MR) is 122 cm³/mol. The fraction of sp³-hybridized carbons (Fsp3) is 0.444. The van der Waals surface area contributed by atoms with Crippen molar-refractivity contribution in [2.75, 3.05) is 0 Å². The van der Waals surface area contributed by atoms with E-state index in [-0.39, 0.29) is 5.97 Å². The van der Waals surface area contributed by atoms with Crippen LogP contribution in [0, 0.1) is 5.92 Å². The second-order valence-electron chi connectivity index (χ2n) is 8.19. The second-order valence-corrected chi connectivity index (χ2v) is 8.19. The molecule has 0 radical (unpaired) electrons. The molecule has 0 spiro atoms. The highest BCUT2D eigenvalue weighted by atomic mass is 16.5. The number of ether oxygens (including phenoxy) is 1. The lowest BCUT2D eigenvalue weighted by Gasteiger charge is -2.22. The largest absolute Gasteiger partial charge is 0.427 e. The summed E-state index contributed by atoms with van der Waals surface area (Å²) >= 11 is 0. The minimum Gasteiger partial charge on any atom is -0.427 e. The minimum absolute atomic E-state index is 0.151. The number of rotatable bonds is 9. The first-order valence-corrected chi connectivity index (χ1v) is 11.3. The predicted octanol–water partition coefficient (Wildman–Crippen LogP) is 7.82. The minimum atomic E-state index is -0.151. The zero-order valence-electron chi connectivity index (χ0n) is 18.0. The van der Waals surface area contributed by atoms with Crippen LogP contribution < -0.4 is 4.74 Å². The lowest BCUT2D eigenvalue weighted by molar-refractivity contribution is -0.134. The van der Waals surface area contributed by atoms with Gasteiger partial charge in [0.25, 0.3) is 0 Å². The SMILES string of the molecule is CCCCC(=O)Oc1ccc(-c2ccc(C3=CCC(CCCC)CC3)cc2)cc1. The molecule has 29 heavy (non-hydrogen) atoms. The molecule has 1 aliphatic rings. The van der Waals surface area contributed by atoms with Crippen LogP contribution in [0.4, 0.5) is 0 Å². The molecule has 0 fully saturated rings. The van der Waals surface area contributed by atoms with Gasteiger partial charge < -0.3 is 4.74 Å². The van der Waals surface area contributed by atoms with Crippen molar-refractivity contribution in [3.8, 4) is 16.9 Å². The van der Waals surface area contributed by atoms with Gasteiger partial charge in [0.15, 0.2) is 0 Å². The summed E-state index contributed by atoms with van der Waals surface area (Å²) in [7, 11) is 0. The molecule has 1 atom stereocenters. The van der Waals surface area contributed by atoms with Gasteiger partial charge in [-0.1, -0.05) is 82.0 Å². The number of esters is 1. The van der Waals surface area contributed by atoms with E-state index in [1.54, 1.807) is 0 Å². The molecule has 0 saturated heterocycles. The fourth-order valence-electron chi connectivity index (χ4n) is 4.00. The smallest absolute Gasteiger partial charge is 0.311 e. The maximum atomic E-state index is 11.8. The molecule has 0 heterocycles. The fourth-order valence-corrected chi connectivity index (χ4v) is 4.00. The van der Waals surface area contributed by atoms with E-state index in [0.717, 1.165) is 24.3 Å². The van der Waals surface area contributed by atoms with E-state index in [9.17, 15) is 4.79 Å². The first-order valence-electron chi connectivity index (χ1n) is 11.3. The quantitative estimate of drug-likeness (QED) is 0.322. The molecule has 0 N–H and O–H groups in total. The van der Waals surface area contributed by atoms with Crippen molar-refractivity contribution >= 4 is 11.5 Å². The molecule has 0 bridgehead atoms. The third kappa shape index (κ3) is 6.32. The van der Waals surface area contributed by atoms with Gasteiger partial charge >= 0.3 is 5.97 Å². The van der Waals surface area contributed by atoms with Crippen LogP contribution in [0.2, 0.25) is 0 Å². The average Bonchev–Trinajstić information content (AvgIpc) is 2.77. The first-order chi connectivity index (χ1) is 14.2. The van der Waals surface area contributed by atoms with E-state index in [0.29, 0.717) is 12.2 Å². The number of hydrogen-bond donors (Lipinski definition) is 0. The Labute approximate surface area is 176 Å². The number of carbonyl (C=O) groups is 1. The number of unbranched alkanes of at least 4 members (excludes halogenated alkanes) is 2. The molecule has 1 unspecified atom stereocenters. The Balaban J connectivity index is 1.59. The van der Waals surface area contributed by atoms with Crippen molar-refractivity contribution < 1.29 is 9.53 Å². The zero-order valence-corrected chi connectivity index (χ0v) is 18.0. The van der Waals surface area contributed by atoms with Crippen molar-refractivity contribution in [3.05, 3.63) is 60.2 Å². The van der Waals surface area contributed by atoms with Crippen LogP contribution in [-0.4, -0.2) is 5.97 Å². The summed E-state index contributed by atoms with van der Waals surface area (Å²) in [5.41, 5.74) is 5.18. The van der Waals surface area contributed by atoms with Gasteiger partial charge in [0.2, 0.25) is 0 Å². The van der Waals surface area contributed by atoms with Crippen LogP contribution in [-0.2, 0) is 4.79 Å². The molecule has 3 rings (SSSR count). The number of carbonyl (C=O) groups excluding carboxylic acids is 1. The Bertz CT molecular complexity index is 799. The molecule has 0 aromatic heterocycles. The van der Waals surface area contributed by atoms with E-state index in [4.69, 9.17) is 4.74 Å². The molecule has 2 heteroatoms. The van der Waals surface area contributed by atoms with Gasteiger partial charge in [0.05, 0.1) is 0 Å². The number of hydrogen-bond acceptors (Lipinski definition) is 2. The van der Waals surface area contributed by atoms with E-state index in [2.05, 4.69) is 44.2 Å². The highest BCUT2D eigenvalue weighted by Crippen LogP contribution is 2.33. The van der Waals surface area contributed by atoms with Gasteiger partial charge in [-0.15, -0.1) is 0 Å². The van der Waals surface area contributed by atoms with Crippen molar-refractivity contribution in [2.45, 2.75) is 71.6 Å². The summed E-state index contributed by atoms with van der Waals surface area (Å²) in [4.78, 5) is 11.8. The second kappa shape index (κ2) is 11.0. The standard InChI is InChI=1S/C27H34O2/c1-3-5-7-21-9-11-22(12-10-21)23-13-15-24(16-14-23)25-17-19-26(20-18-25)29-27(28)8-6-4-2/h11,13-21H,3-10,12H2,1-2H3. The summed E-state index contributed by atoms with van der Waals surface area (Å²) < 4.78 is 5.39. The van der Waals surface area contributed by atoms with Gasteiger partial charge in [-0.2, -0.15) is 0 Å². The Hall–Kier alpha value is -2.35. The van der Waals surface area contributed by atoms with Crippen LogP contribution >= 0.6 is 0 Å². The molecule has 0 saturated carbocycles. The van der Waals surface area contributed by atoms with Crippen LogP contribution in [0.1, 0.15) is 77.2 Å². The van der Waals surface area contributed by atoms with E-state index in [1.165, 1.54) is 55.2 Å². The molecular formula is C27H34O2. The molecular weight excluding hydrogens is 356 g/mol. The monoisotopic (exact) mass is 390 g/mol. The van der Waals surface area contributed by atoms with Crippen LogP contribution in [0.25, 0.3) is 16.7 Å². The Kier molecular flexibility index (Phi) is 8.10. The third-order valence-electron chi connectivity index (χ3n) is 5.89. The van der Waals surface area contributed by atoms with Gasteiger partial charge in [-0.3, -0.25) is 4.79 Å². The molecule has 0 amide bonds. The summed E-state index contributed by atoms with van der Waals surface area (Å²) in [6, 6.07) is 16.7. The van der Waals surface area contributed by atoms with Crippen molar-refractivity contribution in [2.24, 2.45) is 5.92 Å². The zero-order chi connectivity index (χ0) is 20.5. The number of benzene rings is 2. The highest BCUT2D eigenvalue weighted by molar-refractivity contribution is 5.73. The molecule has 2 nitrogen and oxygen atoms in total. The van der Waals surface area contributed by atoms with Crippen molar-refractivity contribution in [1.29, 1.82) is 0 Å². The van der Waals surface area contributed by atoms with E-state index < -0.39 is 0 Å². The van der Waals surface area contributed by atoms with Gasteiger partial charge in [0, 0.05) is 6.42 Å². The summed E-state index contributed by atoms with van der Waals surface area (Å²) in [5, 5.41) is 0. The van der Waals surface area contributed by atoms with E-state index >= 15 is 0 Å². The van der Waals surface area contributed by atoms with Crippen molar-refractivity contribution in [3.63, 3.8) is 0 Å². The average molecular weight is 391 g/mol. The number of allylic oxidation sites excluding steroid dienone is 2. The lowest BCUT2D eigenvalue weighted by Crippen LogP contribution is -2.07. The van der Waals surface area contributed by atoms with Gasteiger partial charge in [-0.05, 0) is 66.0 Å². The topological polar surface area (TPSA) is 26.3 Å². The molecule has 2 aromatic carbocycles. The van der Waals surface area contributed by atoms with Gasteiger partial charge in [0.1, 0.15) is 5.75 Å². The Morgan fingerprint density at radius 2 is 1.52 bits per heavy atom. The Morgan fingerprint density at radius 1 is 0.897 bits per heavy atom.